The fraction of sp³-hybridized carbons (Fsp3) is 0.185. The standard InChI is InChI=1S/C27H25NO6/c1-4-34-19-12-10-18(11-13-19)28-24(21-15-14-20(32-2)16-22(21)33-3)23(26(30)27(28)31)25(29)17-8-6-5-7-9-17/h5-16,24,29H,4H2,1-3H3. The third kappa shape index (κ3) is 4.08. The number of Topliss-reactive ketones (excluding diaryl/α,β-unsaturated/α-hetero) is 1. The molecule has 0 saturated carbocycles. The van der Waals surface area contributed by atoms with Crippen LogP contribution in [0.5, 0.6) is 17.2 Å². The first-order valence-electron chi connectivity index (χ1n) is 10.8. The van der Waals surface area contributed by atoms with Crippen molar-refractivity contribution in [3.05, 3.63) is 89.5 Å². The summed E-state index contributed by atoms with van der Waals surface area (Å²) in [6.45, 7) is 2.38. The van der Waals surface area contributed by atoms with Crippen LogP contribution in [0.4, 0.5) is 5.69 Å². The van der Waals surface area contributed by atoms with Gasteiger partial charge >= 0.3 is 0 Å². The molecule has 1 unspecified atom stereocenters. The molecule has 1 amide bonds. The highest BCUT2D eigenvalue weighted by molar-refractivity contribution is 6.51. The minimum atomic E-state index is -0.918. The van der Waals surface area contributed by atoms with Crippen molar-refractivity contribution < 1.29 is 28.9 Å². The molecular formula is C27H25NO6. The average Bonchev–Trinajstić information content (AvgIpc) is 3.14. The van der Waals surface area contributed by atoms with Gasteiger partial charge < -0.3 is 19.3 Å². The summed E-state index contributed by atoms with van der Waals surface area (Å²) in [7, 11) is 3.04. The molecule has 1 atom stereocenters. The zero-order chi connectivity index (χ0) is 24.2. The molecule has 1 aliphatic rings. The number of ketones is 1. The van der Waals surface area contributed by atoms with Crippen LogP contribution in [0, 0.1) is 0 Å². The number of anilines is 1. The summed E-state index contributed by atoms with van der Waals surface area (Å²) >= 11 is 0. The first kappa shape index (κ1) is 22.9. The highest BCUT2D eigenvalue weighted by Crippen LogP contribution is 2.45. The lowest BCUT2D eigenvalue weighted by Crippen LogP contribution is -2.29. The molecule has 1 aliphatic heterocycles. The van der Waals surface area contributed by atoms with Crippen LogP contribution >= 0.6 is 0 Å². The van der Waals surface area contributed by atoms with Crippen molar-refractivity contribution >= 4 is 23.1 Å². The van der Waals surface area contributed by atoms with Crippen LogP contribution in [-0.4, -0.2) is 37.6 Å². The van der Waals surface area contributed by atoms with E-state index in [0.717, 1.165) is 0 Å². The Morgan fingerprint density at radius 3 is 2.21 bits per heavy atom. The number of amides is 1. The number of nitrogens with zero attached hydrogens (tertiary/aromatic N) is 1. The van der Waals surface area contributed by atoms with E-state index in [2.05, 4.69) is 0 Å². The molecule has 3 aromatic carbocycles. The Balaban J connectivity index is 1.94. The SMILES string of the molecule is CCOc1ccc(N2C(=O)C(=O)C(=C(O)c3ccccc3)C2c2ccc(OC)cc2OC)cc1. The van der Waals surface area contributed by atoms with Gasteiger partial charge in [0.15, 0.2) is 0 Å². The number of methoxy groups -OCH3 is 2. The quantitative estimate of drug-likeness (QED) is 0.312. The average molecular weight is 459 g/mol. The minimum Gasteiger partial charge on any atom is -0.507 e. The Morgan fingerprint density at radius 1 is 0.912 bits per heavy atom. The summed E-state index contributed by atoms with van der Waals surface area (Å²) in [6, 6.07) is 19.8. The zero-order valence-corrected chi connectivity index (χ0v) is 19.1. The van der Waals surface area contributed by atoms with E-state index in [1.807, 2.05) is 6.92 Å². The molecule has 0 radical (unpaired) electrons. The second-order valence-corrected chi connectivity index (χ2v) is 7.57. The fourth-order valence-corrected chi connectivity index (χ4v) is 4.06. The molecule has 0 aromatic heterocycles. The molecule has 1 fully saturated rings. The van der Waals surface area contributed by atoms with E-state index in [0.29, 0.717) is 40.7 Å². The Morgan fingerprint density at radius 2 is 1.59 bits per heavy atom. The molecule has 1 heterocycles. The summed E-state index contributed by atoms with van der Waals surface area (Å²) < 4.78 is 16.4. The van der Waals surface area contributed by atoms with Crippen LogP contribution < -0.4 is 19.1 Å². The maximum Gasteiger partial charge on any atom is 0.300 e. The van der Waals surface area contributed by atoms with Gasteiger partial charge in [0, 0.05) is 22.9 Å². The van der Waals surface area contributed by atoms with Gasteiger partial charge in [-0.3, -0.25) is 14.5 Å². The van der Waals surface area contributed by atoms with Gasteiger partial charge in [-0.1, -0.05) is 30.3 Å². The molecule has 7 nitrogen and oxygen atoms in total. The highest BCUT2D eigenvalue weighted by Gasteiger charge is 2.48. The van der Waals surface area contributed by atoms with E-state index < -0.39 is 17.7 Å². The second kappa shape index (κ2) is 9.70. The van der Waals surface area contributed by atoms with Gasteiger partial charge in [0.2, 0.25) is 0 Å². The van der Waals surface area contributed by atoms with Crippen LogP contribution in [0.3, 0.4) is 0 Å². The van der Waals surface area contributed by atoms with E-state index in [4.69, 9.17) is 14.2 Å². The number of aliphatic hydroxyl groups excluding tert-OH is 1. The predicted octanol–water partition coefficient (Wildman–Crippen LogP) is 4.73. The molecule has 0 bridgehead atoms. The number of rotatable bonds is 7. The summed E-state index contributed by atoms with van der Waals surface area (Å²) in [4.78, 5) is 28.0. The van der Waals surface area contributed by atoms with Crippen molar-refractivity contribution in [3.8, 4) is 17.2 Å². The van der Waals surface area contributed by atoms with Crippen molar-refractivity contribution in [1.29, 1.82) is 0 Å². The minimum absolute atomic E-state index is 0.0199. The Hall–Kier alpha value is -4.26. The van der Waals surface area contributed by atoms with Gasteiger partial charge in [0.1, 0.15) is 23.0 Å². The van der Waals surface area contributed by atoms with Crippen molar-refractivity contribution in [2.24, 2.45) is 0 Å². The third-order valence-corrected chi connectivity index (χ3v) is 5.65. The molecule has 7 heteroatoms. The lowest BCUT2D eigenvalue weighted by Gasteiger charge is -2.27. The normalized spacial score (nSPS) is 17.0. The summed E-state index contributed by atoms with van der Waals surface area (Å²) in [5.74, 6) is -0.161. The highest BCUT2D eigenvalue weighted by atomic mass is 16.5. The van der Waals surface area contributed by atoms with Gasteiger partial charge in [-0.05, 0) is 43.3 Å². The van der Waals surface area contributed by atoms with Crippen LogP contribution in [0.15, 0.2) is 78.4 Å². The number of ether oxygens (including phenoxy) is 3. The zero-order valence-electron chi connectivity index (χ0n) is 19.1. The van der Waals surface area contributed by atoms with E-state index in [9.17, 15) is 14.7 Å². The predicted molar refractivity (Wildman–Crippen MR) is 128 cm³/mol. The number of aliphatic hydroxyl groups is 1. The summed E-state index contributed by atoms with van der Waals surface area (Å²) in [5, 5.41) is 11.2. The smallest absolute Gasteiger partial charge is 0.300 e. The second-order valence-electron chi connectivity index (χ2n) is 7.57. The molecule has 0 spiro atoms. The molecular weight excluding hydrogens is 434 g/mol. The summed E-state index contributed by atoms with van der Waals surface area (Å²) in [6.07, 6.45) is 0. The topological polar surface area (TPSA) is 85.3 Å². The van der Waals surface area contributed by atoms with Gasteiger partial charge in [0.05, 0.1) is 32.4 Å². The fourth-order valence-electron chi connectivity index (χ4n) is 4.06. The van der Waals surface area contributed by atoms with Gasteiger partial charge in [-0.2, -0.15) is 0 Å². The molecule has 0 aliphatic carbocycles. The van der Waals surface area contributed by atoms with E-state index >= 15 is 0 Å². The van der Waals surface area contributed by atoms with Crippen LogP contribution in [0.2, 0.25) is 0 Å². The molecule has 1 N–H and O–H groups in total. The molecule has 4 rings (SSSR count). The van der Waals surface area contributed by atoms with Gasteiger partial charge in [-0.25, -0.2) is 0 Å². The number of carbonyl (C=O) groups is 2. The molecule has 3 aromatic rings. The van der Waals surface area contributed by atoms with E-state index in [-0.39, 0.29) is 11.3 Å². The number of carbonyl (C=O) groups excluding carboxylic acids is 2. The Bertz CT molecular complexity index is 1230. The molecule has 1 saturated heterocycles. The van der Waals surface area contributed by atoms with Crippen LogP contribution in [0.25, 0.3) is 5.76 Å². The maximum absolute atomic E-state index is 13.3. The molecule has 34 heavy (non-hydrogen) atoms. The van der Waals surface area contributed by atoms with E-state index in [1.54, 1.807) is 72.8 Å². The van der Waals surface area contributed by atoms with Crippen LogP contribution in [0.1, 0.15) is 24.1 Å². The van der Waals surface area contributed by atoms with E-state index in [1.165, 1.54) is 19.1 Å². The Kier molecular flexibility index (Phi) is 6.54. The van der Waals surface area contributed by atoms with Gasteiger partial charge in [-0.15, -0.1) is 0 Å². The monoisotopic (exact) mass is 459 g/mol. The van der Waals surface area contributed by atoms with Crippen molar-refractivity contribution in [3.63, 3.8) is 0 Å². The molecule has 174 valence electrons. The van der Waals surface area contributed by atoms with Crippen molar-refractivity contribution in [1.82, 2.24) is 0 Å². The maximum atomic E-state index is 13.3. The first-order chi connectivity index (χ1) is 16.5. The van der Waals surface area contributed by atoms with Crippen LogP contribution in [-0.2, 0) is 9.59 Å². The first-order valence-corrected chi connectivity index (χ1v) is 10.8. The van der Waals surface area contributed by atoms with Crippen molar-refractivity contribution in [2.45, 2.75) is 13.0 Å². The van der Waals surface area contributed by atoms with Crippen molar-refractivity contribution in [2.75, 3.05) is 25.7 Å². The largest absolute Gasteiger partial charge is 0.507 e. The van der Waals surface area contributed by atoms with Gasteiger partial charge in [0.25, 0.3) is 11.7 Å². The summed E-state index contributed by atoms with van der Waals surface area (Å²) in [5.41, 5.74) is 1.44. The third-order valence-electron chi connectivity index (χ3n) is 5.65. The number of benzene rings is 3. The number of hydrogen-bond acceptors (Lipinski definition) is 6. The number of hydrogen-bond donors (Lipinski definition) is 1. The lowest BCUT2D eigenvalue weighted by atomic mass is 9.94. The lowest BCUT2D eigenvalue weighted by molar-refractivity contribution is -0.132. The Labute approximate surface area is 197 Å².